The van der Waals surface area contributed by atoms with Gasteiger partial charge in [0.15, 0.2) is 0 Å². The van der Waals surface area contributed by atoms with E-state index in [0.29, 0.717) is 16.7 Å². The van der Waals surface area contributed by atoms with Crippen molar-refractivity contribution < 1.29 is 0 Å². The number of hydrogen-bond donors (Lipinski definition) is 2. The van der Waals surface area contributed by atoms with Gasteiger partial charge in [-0.05, 0) is 37.2 Å². The zero-order valence-corrected chi connectivity index (χ0v) is 17.1. The minimum absolute atomic E-state index is 0.212. The maximum absolute atomic E-state index is 12.6. The molecular weight excluding hydrogens is 376 g/mol. The van der Waals surface area contributed by atoms with E-state index in [9.17, 15) is 4.79 Å². The molecule has 0 saturated carbocycles. The Balaban J connectivity index is 1.42. The average Bonchev–Trinajstić information content (AvgIpc) is 3.12. The van der Waals surface area contributed by atoms with E-state index in [1.165, 1.54) is 5.56 Å². The first-order valence-electron chi connectivity index (χ1n) is 10.4. The number of nitrogens with two attached hydrogens (primary N) is 1. The monoisotopic (exact) mass is 402 g/mol. The number of piperazine rings is 1. The maximum atomic E-state index is 12.6. The number of fused-ring (bicyclic) bond motifs is 3. The van der Waals surface area contributed by atoms with Gasteiger partial charge in [0.25, 0.3) is 5.56 Å². The molecule has 0 atom stereocenters. The normalized spacial score (nSPS) is 15.9. The van der Waals surface area contributed by atoms with Gasteiger partial charge in [0, 0.05) is 38.1 Å². The van der Waals surface area contributed by atoms with Gasteiger partial charge in [-0.15, -0.1) is 0 Å². The Bertz CT molecular complexity index is 1250. The van der Waals surface area contributed by atoms with Crippen molar-refractivity contribution >= 4 is 27.6 Å². The SMILES string of the molecule is CN1CCN(CCc2ccc(-n3nc4c(c3N)c(=O)[nH]c3ccccc34)cc2)CC1. The fourth-order valence-electron chi connectivity index (χ4n) is 4.19. The van der Waals surface area contributed by atoms with E-state index in [1.807, 2.05) is 36.4 Å². The number of para-hydroxylation sites is 1. The summed E-state index contributed by atoms with van der Waals surface area (Å²) < 4.78 is 1.66. The van der Waals surface area contributed by atoms with Gasteiger partial charge >= 0.3 is 0 Å². The molecule has 0 aliphatic carbocycles. The van der Waals surface area contributed by atoms with Crippen LogP contribution >= 0.6 is 0 Å². The molecule has 4 aromatic rings. The fraction of sp³-hybridized carbons (Fsp3) is 0.304. The number of nitrogens with one attached hydrogen (secondary N) is 1. The highest BCUT2D eigenvalue weighted by Crippen LogP contribution is 2.26. The molecule has 2 aromatic carbocycles. The Kier molecular flexibility index (Phi) is 4.77. The molecule has 1 saturated heterocycles. The third-order valence-electron chi connectivity index (χ3n) is 6.07. The summed E-state index contributed by atoms with van der Waals surface area (Å²) in [5.41, 5.74) is 9.66. The molecule has 7 nitrogen and oxygen atoms in total. The molecule has 0 spiro atoms. The predicted octanol–water partition coefficient (Wildman–Crippen LogP) is 2.24. The topological polar surface area (TPSA) is 83.2 Å². The van der Waals surface area contributed by atoms with Gasteiger partial charge < -0.3 is 20.5 Å². The number of hydrogen-bond acceptors (Lipinski definition) is 5. The van der Waals surface area contributed by atoms with Crippen LogP contribution in [0.25, 0.3) is 27.5 Å². The largest absolute Gasteiger partial charge is 0.383 e. The summed E-state index contributed by atoms with van der Waals surface area (Å²) in [7, 11) is 2.18. The Morgan fingerprint density at radius 3 is 2.53 bits per heavy atom. The Morgan fingerprint density at radius 1 is 1.03 bits per heavy atom. The minimum atomic E-state index is -0.212. The zero-order valence-electron chi connectivity index (χ0n) is 17.1. The highest BCUT2D eigenvalue weighted by atomic mass is 16.1. The van der Waals surface area contributed by atoms with E-state index in [0.717, 1.165) is 55.7 Å². The molecular formula is C23H26N6O. The lowest BCUT2D eigenvalue weighted by atomic mass is 10.1. The molecule has 1 aliphatic rings. The molecule has 154 valence electrons. The number of pyridine rings is 1. The molecule has 0 radical (unpaired) electrons. The Morgan fingerprint density at radius 2 is 1.77 bits per heavy atom. The molecule has 3 heterocycles. The first kappa shape index (κ1) is 18.8. The van der Waals surface area contributed by atoms with Crippen LogP contribution in [0, 0.1) is 0 Å². The molecule has 30 heavy (non-hydrogen) atoms. The van der Waals surface area contributed by atoms with E-state index >= 15 is 0 Å². The van der Waals surface area contributed by atoms with Crippen molar-refractivity contribution in [2.75, 3.05) is 45.5 Å². The van der Waals surface area contributed by atoms with Crippen LogP contribution in [0.15, 0.2) is 53.3 Å². The van der Waals surface area contributed by atoms with Gasteiger partial charge in [-0.1, -0.05) is 30.3 Å². The first-order chi connectivity index (χ1) is 14.6. The average molecular weight is 403 g/mol. The highest BCUT2D eigenvalue weighted by molar-refractivity contribution is 6.06. The number of aromatic amines is 1. The van der Waals surface area contributed by atoms with Crippen LogP contribution in [-0.4, -0.2) is 64.3 Å². The summed E-state index contributed by atoms with van der Waals surface area (Å²) in [6.07, 6.45) is 1.02. The van der Waals surface area contributed by atoms with Crippen LogP contribution in [0.3, 0.4) is 0 Å². The van der Waals surface area contributed by atoms with E-state index in [-0.39, 0.29) is 5.56 Å². The number of aromatic nitrogens is 3. The number of rotatable bonds is 4. The lowest BCUT2D eigenvalue weighted by Crippen LogP contribution is -2.45. The van der Waals surface area contributed by atoms with Crippen molar-refractivity contribution in [1.82, 2.24) is 24.6 Å². The van der Waals surface area contributed by atoms with Crippen LogP contribution in [-0.2, 0) is 6.42 Å². The minimum Gasteiger partial charge on any atom is -0.383 e. The summed E-state index contributed by atoms with van der Waals surface area (Å²) in [5, 5.41) is 6.01. The van der Waals surface area contributed by atoms with Crippen LogP contribution < -0.4 is 11.3 Å². The number of likely N-dealkylation sites (N-methyl/N-ethyl adjacent to an activating group) is 1. The molecule has 0 amide bonds. The summed E-state index contributed by atoms with van der Waals surface area (Å²) in [6, 6.07) is 16.0. The number of benzene rings is 2. The van der Waals surface area contributed by atoms with Crippen molar-refractivity contribution in [3.05, 3.63) is 64.4 Å². The standard InChI is InChI=1S/C23H26N6O/c1-27-12-14-28(15-13-27)11-10-16-6-8-17(9-7-16)29-22(24)20-21(26-29)18-4-2-3-5-19(18)25-23(20)30/h2-9H,10-15,24H2,1H3,(H,25,30). The molecule has 2 aromatic heterocycles. The quantitative estimate of drug-likeness (QED) is 0.547. The smallest absolute Gasteiger partial charge is 0.261 e. The Hall–Kier alpha value is -3.16. The van der Waals surface area contributed by atoms with Gasteiger partial charge in [-0.2, -0.15) is 5.10 Å². The summed E-state index contributed by atoms with van der Waals surface area (Å²) in [6.45, 7) is 5.61. The van der Waals surface area contributed by atoms with Crippen LogP contribution in [0.4, 0.5) is 5.82 Å². The molecule has 3 N–H and O–H groups in total. The summed E-state index contributed by atoms with van der Waals surface area (Å²) >= 11 is 0. The first-order valence-corrected chi connectivity index (χ1v) is 10.4. The number of nitrogen functional groups attached to an aromatic ring is 1. The third kappa shape index (κ3) is 3.36. The van der Waals surface area contributed by atoms with E-state index in [2.05, 4.69) is 39.1 Å². The molecule has 1 aliphatic heterocycles. The van der Waals surface area contributed by atoms with Gasteiger partial charge in [-0.3, -0.25) is 4.79 Å². The summed E-state index contributed by atoms with van der Waals surface area (Å²) in [5.74, 6) is 0.363. The lowest BCUT2D eigenvalue weighted by molar-refractivity contribution is 0.155. The highest BCUT2D eigenvalue weighted by Gasteiger charge is 2.17. The molecule has 0 bridgehead atoms. The molecule has 0 unspecified atom stereocenters. The number of anilines is 1. The van der Waals surface area contributed by atoms with Gasteiger partial charge in [-0.25, -0.2) is 4.68 Å². The van der Waals surface area contributed by atoms with Crippen molar-refractivity contribution in [1.29, 1.82) is 0 Å². The van der Waals surface area contributed by atoms with Crippen molar-refractivity contribution in [3.8, 4) is 5.69 Å². The molecule has 7 heteroatoms. The maximum Gasteiger partial charge on any atom is 0.261 e. The van der Waals surface area contributed by atoms with Gasteiger partial charge in [0.2, 0.25) is 0 Å². The molecule has 1 fully saturated rings. The van der Waals surface area contributed by atoms with Crippen molar-refractivity contribution in [2.45, 2.75) is 6.42 Å². The van der Waals surface area contributed by atoms with E-state index in [4.69, 9.17) is 5.73 Å². The second-order valence-corrected chi connectivity index (χ2v) is 8.08. The summed E-state index contributed by atoms with van der Waals surface area (Å²) in [4.78, 5) is 20.4. The fourth-order valence-corrected chi connectivity index (χ4v) is 4.19. The van der Waals surface area contributed by atoms with Gasteiger partial charge in [0.1, 0.15) is 16.7 Å². The zero-order chi connectivity index (χ0) is 20.7. The van der Waals surface area contributed by atoms with Crippen molar-refractivity contribution in [2.24, 2.45) is 0 Å². The van der Waals surface area contributed by atoms with E-state index in [1.54, 1.807) is 4.68 Å². The van der Waals surface area contributed by atoms with Crippen LogP contribution in [0.2, 0.25) is 0 Å². The van der Waals surface area contributed by atoms with Crippen molar-refractivity contribution in [3.63, 3.8) is 0 Å². The van der Waals surface area contributed by atoms with E-state index < -0.39 is 0 Å². The molecule has 5 rings (SSSR count). The second kappa shape index (κ2) is 7.59. The van der Waals surface area contributed by atoms with Gasteiger partial charge in [0.05, 0.1) is 11.2 Å². The lowest BCUT2D eigenvalue weighted by Gasteiger charge is -2.32. The number of nitrogens with zero attached hydrogens (tertiary/aromatic N) is 4. The Labute approximate surface area is 174 Å². The number of H-pyrrole nitrogens is 1. The third-order valence-corrected chi connectivity index (χ3v) is 6.07. The van der Waals surface area contributed by atoms with Crippen LogP contribution in [0.1, 0.15) is 5.56 Å². The predicted molar refractivity (Wildman–Crippen MR) is 121 cm³/mol. The second-order valence-electron chi connectivity index (χ2n) is 8.08. The van der Waals surface area contributed by atoms with Crippen LogP contribution in [0.5, 0.6) is 0 Å².